The maximum atomic E-state index is 12.1. The normalized spacial score (nSPS) is 13.5. The van der Waals surface area contributed by atoms with Crippen LogP contribution >= 0.6 is 0 Å². The molecule has 1 unspecified atom stereocenters. The third kappa shape index (κ3) is 4.01. The standard InChI is InChI=1S/C10H14F2N2O4S/c1-18-9-4-6(2-3-7(9)13)19(16,17)14-5-8(15)10(11)12/h2-4,8,10,14-15H,5,13H2,1H3. The molecule has 4 N–H and O–H groups in total. The minimum atomic E-state index is -4.02. The summed E-state index contributed by atoms with van der Waals surface area (Å²) in [6.45, 7) is -0.785. The molecule has 0 saturated heterocycles. The monoisotopic (exact) mass is 296 g/mol. The van der Waals surface area contributed by atoms with Crippen LogP contribution in [0.1, 0.15) is 0 Å². The minimum Gasteiger partial charge on any atom is -0.495 e. The Morgan fingerprint density at radius 1 is 1.47 bits per heavy atom. The fourth-order valence-corrected chi connectivity index (χ4v) is 2.29. The Bertz CT molecular complexity index is 536. The lowest BCUT2D eigenvalue weighted by Crippen LogP contribution is -2.35. The molecule has 0 aliphatic carbocycles. The van der Waals surface area contributed by atoms with Gasteiger partial charge in [-0.3, -0.25) is 0 Å². The summed E-state index contributed by atoms with van der Waals surface area (Å²) in [6.07, 6.45) is -5.09. The molecule has 0 aromatic heterocycles. The summed E-state index contributed by atoms with van der Waals surface area (Å²) in [7, 11) is -2.70. The first-order chi connectivity index (χ1) is 8.77. The second-order valence-electron chi connectivity index (χ2n) is 3.66. The number of methoxy groups -OCH3 is 1. The number of nitrogens with one attached hydrogen (secondary N) is 1. The van der Waals surface area contributed by atoms with E-state index in [4.69, 9.17) is 15.6 Å². The van der Waals surface area contributed by atoms with Crippen molar-refractivity contribution in [2.24, 2.45) is 0 Å². The molecule has 108 valence electrons. The van der Waals surface area contributed by atoms with E-state index in [2.05, 4.69) is 0 Å². The quantitative estimate of drug-likeness (QED) is 0.650. The van der Waals surface area contributed by atoms with Gasteiger partial charge in [-0.05, 0) is 12.1 Å². The van der Waals surface area contributed by atoms with E-state index in [9.17, 15) is 17.2 Å². The van der Waals surface area contributed by atoms with Gasteiger partial charge in [0.05, 0.1) is 17.7 Å². The van der Waals surface area contributed by atoms with Crippen molar-refractivity contribution in [1.29, 1.82) is 0 Å². The lowest BCUT2D eigenvalue weighted by atomic mass is 10.3. The van der Waals surface area contributed by atoms with Crippen LogP contribution in [0.2, 0.25) is 0 Å². The van der Waals surface area contributed by atoms with Crippen molar-refractivity contribution in [3.8, 4) is 5.75 Å². The molecule has 0 heterocycles. The summed E-state index contributed by atoms with van der Waals surface area (Å²) < 4.78 is 54.4. The number of hydrogen-bond acceptors (Lipinski definition) is 5. The molecular weight excluding hydrogens is 282 g/mol. The molecule has 0 saturated carbocycles. The van der Waals surface area contributed by atoms with Crippen LogP contribution in [0.3, 0.4) is 0 Å². The van der Waals surface area contributed by atoms with Gasteiger partial charge in [0.2, 0.25) is 10.0 Å². The van der Waals surface area contributed by atoms with Crippen LogP contribution < -0.4 is 15.2 Å². The first kappa shape index (κ1) is 15.6. The highest BCUT2D eigenvalue weighted by Crippen LogP contribution is 2.24. The molecule has 0 amide bonds. The molecule has 6 nitrogen and oxygen atoms in total. The lowest BCUT2D eigenvalue weighted by molar-refractivity contribution is -0.000452. The Hall–Kier alpha value is -1.45. The van der Waals surface area contributed by atoms with Crippen LogP contribution in [-0.4, -0.2) is 39.7 Å². The Morgan fingerprint density at radius 2 is 2.11 bits per heavy atom. The van der Waals surface area contributed by atoms with Crippen LogP contribution in [0.5, 0.6) is 5.75 Å². The molecular formula is C10H14F2N2O4S. The van der Waals surface area contributed by atoms with E-state index in [0.717, 1.165) is 6.07 Å². The molecule has 1 aromatic carbocycles. The van der Waals surface area contributed by atoms with E-state index < -0.39 is 29.1 Å². The maximum absolute atomic E-state index is 12.1. The van der Waals surface area contributed by atoms with Crippen LogP contribution in [0.15, 0.2) is 23.1 Å². The number of rotatable bonds is 6. The average Bonchev–Trinajstić information content (AvgIpc) is 2.36. The lowest BCUT2D eigenvalue weighted by Gasteiger charge is -2.12. The van der Waals surface area contributed by atoms with E-state index in [0.29, 0.717) is 0 Å². The van der Waals surface area contributed by atoms with E-state index >= 15 is 0 Å². The van der Waals surface area contributed by atoms with Gasteiger partial charge < -0.3 is 15.6 Å². The third-order valence-electron chi connectivity index (χ3n) is 2.29. The second-order valence-corrected chi connectivity index (χ2v) is 5.42. The molecule has 9 heteroatoms. The summed E-state index contributed by atoms with van der Waals surface area (Å²) in [4.78, 5) is -0.194. The molecule has 1 rings (SSSR count). The molecule has 1 atom stereocenters. The molecule has 0 aliphatic heterocycles. The fourth-order valence-electron chi connectivity index (χ4n) is 1.23. The number of nitrogen functional groups attached to an aromatic ring is 1. The molecule has 0 fully saturated rings. The van der Waals surface area contributed by atoms with Crippen molar-refractivity contribution >= 4 is 15.7 Å². The largest absolute Gasteiger partial charge is 0.495 e. The molecule has 0 spiro atoms. The number of halogens is 2. The zero-order valence-corrected chi connectivity index (χ0v) is 10.8. The third-order valence-corrected chi connectivity index (χ3v) is 3.71. The van der Waals surface area contributed by atoms with E-state index in [-0.39, 0.29) is 16.3 Å². The fraction of sp³-hybridized carbons (Fsp3) is 0.400. The van der Waals surface area contributed by atoms with Gasteiger partial charge in [0.1, 0.15) is 11.9 Å². The summed E-state index contributed by atoms with van der Waals surface area (Å²) in [6, 6.07) is 3.68. The Balaban J connectivity index is 2.89. The second kappa shape index (κ2) is 6.13. The molecule has 19 heavy (non-hydrogen) atoms. The summed E-state index contributed by atoms with van der Waals surface area (Å²) in [5.41, 5.74) is 5.77. The Morgan fingerprint density at radius 3 is 2.63 bits per heavy atom. The van der Waals surface area contributed by atoms with Crippen molar-refractivity contribution in [2.75, 3.05) is 19.4 Å². The SMILES string of the molecule is COc1cc(S(=O)(=O)NCC(O)C(F)F)ccc1N. The predicted molar refractivity (Wildman–Crippen MR) is 64.6 cm³/mol. The highest BCUT2D eigenvalue weighted by molar-refractivity contribution is 7.89. The van der Waals surface area contributed by atoms with Gasteiger partial charge in [-0.2, -0.15) is 0 Å². The molecule has 1 aromatic rings. The van der Waals surface area contributed by atoms with Crippen molar-refractivity contribution in [2.45, 2.75) is 17.4 Å². The van der Waals surface area contributed by atoms with Crippen molar-refractivity contribution < 1.29 is 27.0 Å². The van der Waals surface area contributed by atoms with Gasteiger partial charge >= 0.3 is 0 Å². The number of aliphatic hydroxyl groups excluding tert-OH is 1. The molecule has 0 bridgehead atoms. The van der Waals surface area contributed by atoms with Crippen LogP contribution in [0, 0.1) is 0 Å². The van der Waals surface area contributed by atoms with Crippen LogP contribution in [-0.2, 0) is 10.0 Å². The topological polar surface area (TPSA) is 102 Å². The van der Waals surface area contributed by atoms with Gasteiger partial charge in [-0.25, -0.2) is 21.9 Å². The van der Waals surface area contributed by atoms with Crippen molar-refractivity contribution in [3.63, 3.8) is 0 Å². The maximum Gasteiger partial charge on any atom is 0.265 e. The van der Waals surface area contributed by atoms with E-state index in [1.54, 1.807) is 0 Å². The van der Waals surface area contributed by atoms with Gasteiger partial charge in [0.15, 0.2) is 0 Å². The summed E-state index contributed by atoms with van der Waals surface area (Å²) in [5.74, 6) is 0.150. The minimum absolute atomic E-state index is 0.150. The zero-order valence-electron chi connectivity index (χ0n) is 10.0. The summed E-state index contributed by atoms with van der Waals surface area (Å²) >= 11 is 0. The average molecular weight is 296 g/mol. The zero-order chi connectivity index (χ0) is 14.6. The van der Waals surface area contributed by atoms with Gasteiger partial charge in [0, 0.05) is 12.6 Å². The summed E-state index contributed by atoms with van der Waals surface area (Å²) in [5, 5.41) is 8.86. The van der Waals surface area contributed by atoms with Crippen molar-refractivity contribution in [3.05, 3.63) is 18.2 Å². The van der Waals surface area contributed by atoms with Gasteiger partial charge in [-0.1, -0.05) is 0 Å². The van der Waals surface area contributed by atoms with Gasteiger partial charge in [-0.15, -0.1) is 0 Å². The number of benzene rings is 1. The highest BCUT2D eigenvalue weighted by atomic mass is 32.2. The number of hydrogen-bond donors (Lipinski definition) is 3. The Kier molecular flexibility index (Phi) is 5.04. The van der Waals surface area contributed by atoms with Crippen molar-refractivity contribution in [1.82, 2.24) is 4.72 Å². The smallest absolute Gasteiger partial charge is 0.265 e. The van der Waals surface area contributed by atoms with Gasteiger partial charge in [0.25, 0.3) is 6.43 Å². The van der Waals surface area contributed by atoms with E-state index in [1.807, 2.05) is 4.72 Å². The number of sulfonamides is 1. The highest BCUT2D eigenvalue weighted by Gasteiger charge is 2.21. The number of ether oxygens (including phenoxy) is 1. The van der Waals surface area contributed by atoms with Crippen LogP contribution in [0.4, 0.5) is 14.5 Å². The Labute approximate surface area is 109 Å². The molecule has 0 radical (unpaired) electrons. The predicted octanol–water partition coefficient (Wildman–Crippen LogP) is 0.182. The van der Waals surface area contributed by atoms with E-state index in [1.165, 1.54) is 19.2 Å². The first-order valence-electron chi connectivity index (χ1n) is 5.17. The number of anilines is 1. The first-order valence-corrected chi connectivity index (χ1v) is 6.65. The number of nitrogens with two attached hydrogens (primary N) is 1. The van der Waals surface area contributed by atoms with Crippen LogP contribution in [0.25, 0.3) is 0 Å². The molecule has 0 aliphatic rings. The number of alkyl halides is 2. The number of aliphatic hydroxyl groups is 1.